The van der Waals surface area contributed by atoms with Gasteiger partial charge in [0.25, 0.3) is 0 Å². The second-order valence-corrected chi connectivity index (χ2v) is 5.94. The summed E-state index contributed by atoms with van der Waals surface area (Å²) < 4.78 is 78.7. The zero-order valence-corrected chi connectivity index (χ0v) is 13.2. The number of hydrogen-bond acceptors (Lipinski definition) is 7. The summed E-state index contributed by atoms with van der Waals surface area (Å²) in [4.78, 5) is 11.7. The molecule has 0 saturated heterocycles. The number of benzene rings is 1. The van der Waals surface area contributed by atoms with E-state index in [0.29, 0.717) is 0 Å². The van der Waals surface area contributed by atoms with E-state index in [2.05, 4.69) is 8.92 Å². The van der Waals surface area contributed by atoms with Crippen molar-refractivity contribution >= 4 is 21.8 Å². The number of halogens is 3. The van der Waals surface area contributed by atoms with Gasteiger partial charge < -0.3 is 18.4 Å². The van der Waals surface area contributed by atoms with Crippen LogP contribution in [0.2, 0.25) is 0 Å². The minimum absolute atomic E-state index is 0.00521. The van der Waals surface area contributed by atoms with Crippen LogP contribution in [0.1, 0.15) is 15.9 Å². The van der Waals surface area contributed by atoms with E-state index in [9.17, 15) is 26.4 Å². The van der Waals surface area contributed by atoms with Crippen LogP contribution < -0.4 is 9.47 Å². The summed E-state index contributed by atoms with van der Waals surface area (Å²) in [6.07, 6.45) is 0.999. The fourth-order valence-corrected chi connectivity index (χ4v) is 2.36. The molecule has 132 valence electrons. The zero-order chi connectivity index (χ0) is 18.1. The highest BCUT2D eigenvalue weighted by atomic mass is 32.2. The molecule has 1 heterocycles. The predicted octanol–water partition coefficient (Wildman–Crippen LogP) is 2.08. The summed E-state index contributed by atoms with van der Waals surface area (Å²) in [7, 11) is -3.51. The normalized spacial score (nSPS) is 14.1. The standard InChI is InChI=1S/C13H11F3O7S/c1-20-10-6-11-7(5-8(10)12(17)21-2)9(3-4-22-11)23-24(18,19)13(14,15)16/h3,5-6H,4H2,1-2H3. The van der Waals surface area contributed by atoms with Gasteiger partial charge in [0.1, 0.15) is 23.7 Å². The van der Waals surface area contributed by atoms with Gasteiger partial charge in [-0.1, -0.05) is 0 Å². The molecule has 0 aromatic heterocycles. The highest BCUT2D eigenvalue weighted by molar-refractivity contribution is 7.87. The smallest absolute Gasteiger partial charge is 0.496 e. The third-order valence-corrected chi connectivity index (χ3v) is 3.93. The monoisotopic (exact) mass is 368 g/mol. The fourth-order valence-electron chi connectivity index (χ4n) is 1.87. The first-order chi connectivity index (χ1) is 11.1. The average Bonchev–Trinajstić information content (AvgIpc) is 2.51. The van der Waals surface area contributed by atoms with E-state index in [0.717, 1.165) is 19.3 Å². The fraction of sp³-hybridized carbons (Fsp3) is 0.308. The second kappa shape index (κ2) is 6.23. The van der Waals surface area contributed by atoms with Crippen molar-refractivity contribution in [2.45, 2.75) is 5.51 Å². The largest absolute Gasteiger partial charge is 0.534 e. The van der Waals surface area contributed by atoms with Gasteiger partial charge in [0.15, 0.2) is 5.76 Å². The molecule has 1 aliphatic rings. The van der Waals surface area contributed by atoms with Gasteiger partial charge in [0, 0.05) is 6.07 Å². The molecule has 0 unspecified atom stereocenters. The molecule has 0 saturated carbocycles. The van der Waals surface area contributed by atoms with Gasteiger partial charge in [-0.2, -0.15) is 21.6 Å². The lowest BCUT2D eigenvalue weighted by Crippen LogP contribution is -2.25. The van der Waals surface area contributed by atoms with Crippen molar-refractivity contribution in [2.24, 2.45) is 0 Å². The molecule has 0 amide bonds. The first-order valence-corrected chi connectivity index (χ1v) is 7.66. The van der Waals surface area contributed by atoms with Crippen molar-refractivity contribution in [1.82, 2.24) is 0 Å². The van der Waals surface area contributed by atoms with E-state index < -0.39 is 27.4 Å². The van der Waals surface area contributed by atoms with Crippen molar-refractivity contribution in [2.75, 3.05) is 20.8 Å². The van der Waals surface area contributed by atoms with Crippen molar-refractivity contribution in [3.05, 3.63) is 29.3 Å². The summed E-state index contributed by atoms with van der Waals surface area (Å²) in [6, 6.07) is 2.29. The van der Waals surface area contributed by atoms with E-state index in [4.69, 9.17) is 9.47 Å². The Morgan fingerprint density at radius 1 is 1.25 bits per heavy atom. The molecule has 2 rings (SSSR count). The minimum atomic E-state index is -5.87. The average molecular weight is 368 g/mol. The molecule has 0 spiro atoms. The predicted molar refractivity (Wildman–Crippen MR) is 73.9 cm³/mol. The number of alkyl halides is 3. The van der Waals surface area contributed by atoms with Crippen LogP contribution in [0, 0.1) is 0 Å². The highest BCUT2D eigenvalue weighted by Crippen LogP contribution is 2.39. The Bertz CT molecular complexity index is 797. The Morgan fingerprint density at radius 3 is 2.46 bits per heavy atom. The Hall–Kier alpha value is -2.43. The minimum Gasteiger partial charge on any atom is -0.496 e. The molecule has 0 fully saturated rings. The molecule has 7 nitrogen and oxygen atoms in total. The van der Waals surface area contributed by atoms with Gasteiger partial charge in [0.2, 0.25) is 0 Å². The molecule has 11 heteroatoms. The molecule has 0 atom stereocenters. The van der Waals surface area contributed by atoms with E-state index in [-0.39, 0.29) is 29.2 Å². The SMILES string of the molecule is COC(=O)c1cc2c(cc1OC)OCC=C2OS(=O)(=O)C(F)(F)F. The van der Waals surface area contributed by atoms with Crippen molar-refractivity contribution in [1.29, 1.82) is 0 Å². The van der Waals surface area contributed by atoms with Crippen molar-refractivity contribution < 1.29 is 44.8 Å². The number of fused-ring (bicyclic) bond motifs is 1. The van der Waals surface area contributed by atoms with Crippen LogP contribution in [0.25, 0.3) is 5.76 Å². The topological polar surface area (TPSA) is 88.1 Å². The first kappa shape index (κ1) is 17.9. The van der Waals surface area contributed by atoms with Gasteiger partial charge >= 0.3 is 21.6 Å². The molecule has 1 aliphatic heterocycles. The third kappa shape index (κ3) is 3.25. The molecule has 0 N–H and O–H groups in total. The molecule has 24 heavy (non-hydrogen) atoms. The van der Waals surface area contributed by atoms with Crippen LogP contribution in [-0.4, -0.2) is 40.7 Å². The number of esters is 1. The zero-order valence-electron chi connectivity index (χ0n) is 12.3. The first-order valence-electron chi connectivity index (χ1n) is 6.25. The van der Waals surface area contributed by atoms with Gasteiger partial charge in [0.05, 0.1) is 19.8 Å². The maximum atomic E-state index is 12.5. The summed E-state index contributed by atoms with van der Waals surface area (Å²) in [6.45, 7) is -0.226. The molecular formula is C13H11F3O7S. The number of ether oxygens (including phenoxy) is 3. The Morgan fingerprint density at radius 2 is 1.92 bits per heavy atom. The number of carbonyl (C=O) groups excluding carboxylic acids is 1. The summed E-state index contributed by atoms with van der Waals surface area (Å²) >= 11 is 0. The van der Waals surface area contributed by atoms with E-state index in [1.807, 2.05) is 0 Å². The third-order valence-electron chi connectivity index (χ3n) is 2.96. The van der Waals surface area contributed by atoms with E-state index >= 15 is 0 Å². The number of methoxy groups -OCH3 is 2. The summed E-state index contributed by atoms with van der Waals surface area (Å²) in [5.74, 6) is -1.41. The van der Waals surface area contributed by atoms with Gasteiger partial charge in [-0.25, -0.2) is 4.79 Å². The maximum absolute atomic E-state index is 12.5. The van der Waals surface area contributed by atoms with E-state index in [1.165, 1.54) is 13.2 Å². The summed E-state index contributed by atoms with van der Waals surface area (Å²) in [5.41, 5.74) is -5.89. The molecular weight excluding hydrogens is 357 g/mol. The Labute approximate surface area is 134 Å². The number of carbonyl (C=O) groups is 1. The van der Waals surface area contributed by atoms with Crippen LogP contribution in [0.5, 0.6) is 11.5 Å². The lowest BCUT2D eigenvalue weighted by atomic mass is 10.1. The van der Waals surface area contributed by atoms with Crippen LogP contribution in [0.15, 0.2) is 18.2 Å². The lowest BCUT2D eigenvalue weighted by Gasteiger charge is -2.21. The molecule has 0 radical (unpaired) electrons. The number of hydrogen-bond donors (Lipinski definition) is 0. The quantitative estimate of drug-likeness (QED) is 0.457. The van der Waals surface area contributed by atoms with Gasteiger partial charge in [-0.3, -0.25) is 0 Å². The molecule has 0 aliphatic carbocycles. The van der Waals surface area contributed by atoms with Crippen molar-refractivity contribution in [3.8, 4) is 11.5 Å². The Kier molecular flexibility index (Phi) is 4.65. The maximum Gasteiger partial charge on any atom is 0.534 e. The molecule has 1 aromatic carbocycles. The molecule has 0 bridgehead atoms. The second-order valence-electron chi connectivity index (χ2n) is 4.40. The van der Waals surface area contributed by atoms with Crippen LogP contribution >= 0.6 is 0 Å². The van der Waals surface area contributed by atoms with E-state index in [1.54, 1.807) is 0 Å². The highest BCUT2D eigenvalue weighted by Gasteiger charge is 2.49. The lowest BCUT2D eigenvalue weighted by molar-refractivity contribution is -0.0509. The van der Waals surface area contributed by atoms with Gasteiger partial charge in [-0.05, 0) is 12.1 Å². The van der Waals surface area contributed by atoms with Crippen molar-refractivity contribution in [3.63, 3.8) is 0 Å². The number of rotatable bonds is 4. The van der Waals surface area contributed by atoms with Crippen LogP contribution in [0.4, 0.5) is 13.2 Å². The van der Waals surface area contributed by atoms with Crippen LogP contribution in [0.3, 0.4) is 0 Å². The Balaban J connectivity index is 2.52. The van der Waals surface area contributed by atoms with Crippen LogP contribution in [-0.2, 0) is 19.0 Å². The van der Waals surface area contributed by atoms with Gasteiger partial charge in [-0.15, -0.1) is 0 Å². The summed E-state index contributed by atoms with van der Waals surface area (Å²) in [5, 5.41) is 0. The molecule has 1 aromatic rings.